The Balaban J connectivity index is 2.49. The zero-order chi connectivity index (χ0) is 11.8. The number of ether oxygens (including phenoxy) is 1. The molecule has 0 spiro atoms. The first-order chi connectivity index (χ1) is 7.62. The average molecular weight is 222 g/mol. The highest BCUT2D eigenvalue weighted by atomic mass is 19.1. The maximum Gasteiger partial charge on any atom is 0.170 e. The number of benzene rings is 1. The molecule has 0 fully saturated rings. The molecule has 0 N–H and O–H groups in total. The third kappa shape index (κ3) is 1.60. The van der Waals surface area contributed by atoms with Gasteiger partial charge in [-0.15, -0.1) is 0 Å². The van der Waals surface area contributed by atoms with Crippen molar-refractivity contribution in [2.24, 2.45) is 0 Å². The molecular weight excluding hydrogens is 207 g/mol. The second-order valence-corrected chi connectivity index (χ2v) is 4.21. The molecule has 0 atom stereocenters. The Bertz CT molecular complexity index is 422. The van der Waals surface area contributed by atoms with Crippen molar-refractivity contribution in [2.75, 3.05) is 0 Å². The number of ketones is 1. The first-order valence-corrected chi connectivity index (χ1v) is 5.62. The minimum Gasteiger partial charge on any atom is -0.483 e. The van der Waals surface area contributed by atoms with Crippen molar-refractivity contribution in [2.45, 2.75) is 38.7 Å². The Morgan fingerprint density at radius 1 is 1.38 bits per heavy atom. The molecule has 0 aliphatic carbocycles. The number of halogens is 1. The zero-order valence-electron chi connectivity index (χ0n) is 9.55. The van der Waals surface area contributed by atoms with Crippen LogP contribution in [-0.4, -0.2) is 11.4 Å². The minimum atomic E-state index is -0.522. The van der Waals surface area contributed by atoms with Gasteiger partial charge in [0.05, 0.1) is 12.0 Å². The summed E-state index contributed by atoms with van der Waals surface area (Å²) in [6.45, 7) is 3.92. The van der Waals surface area contributed by atoms with Crippen LogP contribution in [0.1, 0.15) is 43.5 Å². The van der Waals surface area contributed by atoms with E-state index in [4.69, 9.17) is 4.74 Å². The smallest absolute Gasteiger partial charge is 0.170 e. The zero-order valence-corrected chi connectivity index (χ0v) is 9.55. The average Bonchev–Trinajstić information content (AvgIpc) is 2.30. The summed E-state index contributed by atoms with van der Waals surface area (Å²) in [5.41, 5.74) is -0.149. The Hall–Kier alpha value is -1.38. The summed E-state index contributed by atoms with van der Waals surface area (Å²) in [5.74, 6) is -0.344. The van der Waals surface area contributed by atoms with Gasteiger partial charge < -0.3 is 4.74 Å². The first kappa shape index (κ1) is 11.1. The lowest BCUT2D eigenvalue weighted by Gasteiger charge is -2.36. The van der Waals surface area contributed by atoms with E-state index < -0.39 is 11.4 Å². The van der Waals surface area contributed by atoms with Crippen molar-refractivity contribution in [1.29, 1.82) is 0 Å². The number of hydrogen-bond donors (Lipinski definition) is 0. The number of fused-ring (bicyclic) bond motifs is 1. The Morgan fingerprint density at radius 2 is 2.06 bits per heavy atom. The molecule has 1 aliphatic heterocycles. The molecular formula is C13H15FO2. The molecule has 3 heteroatoms. The van der Waals surface area contributed by atoms with Crippen molar-refractivity contribution in [3.05, 3.63) is 29.6 Å². The number of carbonyl (C=O) groups excluding carboxylic acids is 1. The molecule has 86 valence electrons. The predicted molar refractivity (Wildman–Crippen MR) is 59.3 cm³/mol. The van der Waals surface area contributed by atoms with Crippen LogP contribution in [0.2, 0.25) is 0 Å². The third-order valence-corrected chi connectivity index (χ3v) is 3.36. The van der Waals surface area contributed by atoms with E-state index in [-0.39, 0.29) is 11.5 Å². The van der Waals surface area contributed by atoms with Gasteiger partial charge in [0.15, 0.2) is 17.3 Å². The van der Waals surface area contributed by atoms with Crippen molar-refractivity contribution in [1.82, 2.24) is 0 Å². The van der Waals surface area contributed by atoms with Crippen LogP contribution < -0.4 is 4.74 Å². The molecule has 0 bridgehead atoms. The number of carbonyl (C=O) groups is 1. The Kier molecular flexibility index (Phi) is 2.70. The number of rotatable bonds is 2. The number of para-hydroxylation sites is 1. The molecule has 1 aromatic carbocycles. The first-order valence-electron chi connectivity index (χ1n) is 5.62. The predicted octanol–water partition coefficient (Wildman–Crippen LogP) is 3.35. The van der Waals surface area contributed by atoms with Crippen LogP contribution in [0.4, 0.5) is 4.39 Å². The number of hydrogen-bond acceptors (Lipinski definition) is 2. The van der Waals surface area contributed by atoms with Crippen molar-refractivity contribution in [3.8, 4) is 5.75 Å². The van der Waals surface area contributed by atoms with Crippen LogP contribution >= 0.6 is 0 Å². The third-order valence-electron chi connectivity index (χ3n) is 3.36. The molecule has 0 saturated heterocycles. The van der Waals surface area contributed by atoms with E-state index in [0.717, 1.165) is 0 Å². The fourth-order valence-electron chi connectivity index (χ4n) is 2.12. The van der Waals surface area contributed by atoms with Gasteiger partial charge in [0.1, 0.15) is 5.60 Å². The van der Waals surface area contributed by atoms with E-state index in [1.54, 1.807) is 12.1 Å². The molecule has 2 rings (SSSR count). The number of Topliss-reactive ketones (excluding diaryl/α,β-unsaturated/α-hetero) is 1. The summed E-state index contributed by atoms with van der Waals surface area (Å²) in [5, 5.41) is 0. The van der Waals surface area contributed by atoms with Gasteiger partial charge in [-0.3, -0.25) is 4.79 Å². The maximum absolute atomic E-state index is 13.6. The lowest BCUT2D eigenvalue weighted by atomic mass is 9.86. The summed E-state index contributed by atoms with van der Waals surface area (Å²) < 4.78 is 19.3. The summed E-state index contributed by atoms with van der Waals surface area (Å²) in [7, 11) is 0. The second-order valence-electron chi connectivity index (χ2n) is 4.21. The quantitative estimate of drug-likeness (QED) is 0.767. The monoisotopic (exact) mass is 222 g/mol. The molecule has 0 saturated carbocycles. The minimum absolute atomic E-state index is 0.0237. The van der Waals surface area contributed by atoms with Gasteiger partial charge in [-0.2, -0.15) is 0 Å². The van der Waals surface area contributed by atoms with Crippen LogP contribution in [0, 0.1) is 5.82 Å². The van der Waals surface area contributed by atoms with Crippen LogP contribution in [0.15, 0.2) is 18.2 Å². The highest BCUT2D eigenvalue weighted by molar-refractivity contribution is 6.00. The second kappa shape index (κ2) is 3.89. The molecule has 0 aromatic heterocycles. The van der Waals surface area contributed by atoms with Gasteiger partial charge in [-0.05, 0) is 25.0 Å². The Morgan fingerprint density at radius 3 is 2.69 bits per heavy atom. The van der Waals surface area contributed by atoms with E-state index in [9.17, 15) is 9.18 Å². The van der Waals surface area contributed by atoms with Gasteiger partial charge in [-0.25, -0.2) is 4.39 Å². The van der Waals surface area contributed by atoms with E-state index in [1.165, 1.54) is 6.07 Å². The summed E-state index contributed by atoms with van der Waals surface area (Å²) >= 11 is 0. The lowest BCUT2D eigenvalue weighted by molar-refractivity contribution is 0.0317. The van der Waals surface area contributed by atoms with E-state index >= 15 is 0 Å². The van der Waals surface area contributed by atoms with Gasteiger partial charge >= 0.3 is 0 Å². The molecule has 0 unspecified atom stereocenters. The summed E-state index contributed by atoms with van der Waals surface area (Å²) in [6.07, 6.45) is 1.77. The molecule has 1 heterocycles. The molecule has 16 heavy (non-hydrogen) atoms. The van der Waals surface area contributed by atoms with E-state index in [1.807, 2.05) is 13.8 Å². The topological polar surface area (TPSA) is 26.3 Å². The fraction of sp³-hybridized carbons (Fsp3) is 0.462. The fourth-order valence-corrected chi connectivity index (χ4v) is 2.12. The van der Waals surface area contributed by atoms with E-state index in [0.29, 0.717) is 24.8 Å². The normalized spacial score (nSPS) is 17.8. The van der Waals surface area contributed by atoms with Gasteiger partial charge in [0.25, 0.3) is 0 Å². The highest BCUT2D eigenvalue weighted by Gasteiger charge is 2.38. The molecule has 1 aromatic rings. The molecule has 1 aliphatic rings. The summed E-state index contributed by atoms with van der Waals surface area (Å²) in [4.78, 5) is 11.9. The van der Waals surface area contributed by atoms with Gasteiger partial charge in [0, 0.05) is 0 Å². The van der Waals surface area contributed by atoms with Crippen LogP contribution in [0.5, 0.6) is 5.75 Å². The maximum atomic E-state index is 13.6. The van der Waals surface area contributed by atoms with E-state index in [2.05, 4.69) is 0 Å². The van der Waals surface area contributed by atoms with Crippen LogP contribution in [0.25, 0.3) is 0 Å². The highest BCUT2D eigenvalue weighted by Crippen LogP contribution is 2.38. The van der Waals surface area contributed by atoms with Crippen molar-refractivity contribution < 1.29 is 13.9 Å². The van der Waals surface area contributed by atoms with Crippen molar-refractivity contribution >= 4 is 5.78 Å². The Labute approximate surface area is 94.4 Å². The lowest BCUT2D eigenvalue weighted by Crippen LogP contribution is -2.41. The van der Waals surface area contributed by atoms with Crippen molar-refractivity contribution in [3.63, 3.8) is 0 Å². The standard InChI is InChI=1S/C13H15FO2/c1-3-13(4-2)8-11(15)9-6-5-7-10(14)12(9)16-13/h5-7H,3-4,8H2,1-2H3. The SMILES string of the molecule is CCC1(CC)CC(=O)c2cccc(F)c2O1. The summed E-state index contributed by atoms with van der Waals surface area (Å²) in [6, 6.07) is 4.49. The van der Waals surface area contributed by atoms with Gasteiger partial charge in [-0.1, -0.05) is 19.9 Å². The van der Waals surface area contributed by atoms with Crippen LogP contribution in [0.3, 0.4) is 0 Å². The molecule has 0 amide bonds. The van der Waals surface area contributed by atoms with Crippen LogP contribution in [-0.2, 0) is 0 Å². The molecule has 2 nitrogen and oxygen atoms in total. The largest absolute Gasteiger partial charge is 0.483 e. The van der Waals surface area contributed by atoms with Gasteiger partial charge in [0.2, 0.25) is 0 Å². The molecule has 0 radical (unpaired) electrons.